The average molecular weight is 270 g/mol. The Morgan fingerprint density at radius 1 is 1.33 bits per heavy atom. The van der Waals surface area contributed by atoms with Crippen LogP contribution in [0, 0.1) is 6.92 Å². The molecular formula is C12H16ClN3O2. The van der Waals surface area contributed by atoms with Crippen molar-refractivity contribution in [2.75, 3.05) is 26.0 Å². The molecule has 0 heterocycles. The molecule has 3 amide bonds. The Balaban J connectivity index is 2.49. The molecule has 0 atom stereocenters. The highest BCUT2D eigenvalue weighted by atomic mass is 35.5. The summed E-state index contributed by atoms with van der Waals surface area (Å²) in [5, 5.41) is 5.64. The molecule has 18 heavy (non-hydrogen) atoms. The lowest BCUT2D eigenvalue weighted by Gasteiger charge is -2.12. The number of hydrogen-bond acceptors (Lipinski definition) is 2. The SMILES string of the molecule is Cc1ccc(NC(=O)NCC(=O)N(C)C)cc1Cl. The lowest BCUT2D eigenvalue weighted by atomic mass is 10.2. The Hall–Kier alpha value is -1.75. The van der Waals surface area contributed by atoms with Crippen molar-refractivity contribution in [1.29, 1.82) is 0 Å². The molecule has 0 radical (unpaired) electrons. The molecule has 0 bridgehead atoms. The van der Waals surface area contributed by atoms with E-state index in [4.69, 9.17) is 11.6 Å². The van der Waals surface area contributed by atoms with Crippen LogP contribution in [0.15, 0.2) is 18.2 Å². The lowest BCUT2D eigenvalue weighted by Crippen LogP contribution is -2.38. The molecule has 0 unspecified atom stereocenters. The number of benzene rings is 1. The number of urea groups is 1. The summed E-state index contributed by atoms with van der Waals surface area (Å²) in [6.07, 6.45) is 0. The standard InChI is InChI=1S/C12H16ClN3O2/c1-8-4-5-9(6-10(8)13)15-12(18)14-7-11(17)16(2)3/h4-6H,7H2,1-3H3,(H2,14,15,18). The number of carbonyl (C=O) groups is 2. The van der Waals surface area contributed by atoms with Gasteiger partial charge in [0, 0.05) is 24.8 Å². The van der Waals surface area contributed by atoms with Gasteiger partial charge in [0.25, 0.3) is 0 Å². The van der Waals surface area contributed by atoms with Crippen molar-refractivity contribution in [1.82, 2.24) is 10.2 Å². The van der Waals surface area contributed by atoms with Gasteiger partial charge in [-0.2, -0.15) is 0 Å². The first-order chi connectivity index (χ1) is 8.40. The fourth-order valence-corrected chi connectivity index (χ4v) is 1.34. The van der Waals surface area contributed by atoms with Crippen LogP contribution in [-0.2, 0) is 4.79 Å². The van der Waals surface area contributed by atoms with Crippen LogP contribution in [0.25, 0.3) is 0 Å². The molecule has 0 aliphatic rings. The van der Waals surface area contributed by atoms with Crippen molar-refractivity contribution in [2.45, 2.75) is 6.92 Å². The molecular weight excluding hydrogens is 254 g/mol. The number of anilines is 1. The van der Waals surface area contributed by atoms with Gasteiger partial charge in [0.15, 0.2) is 0 Å². The molecule has 0 fully saturated rings. The van der Waals surface area contributed by atoms with Crippen molar-refractivity contribution < 1.29 is 9.59 Å². The number of hydrogen-bond donors (Lipinski definition) is 2. The Morgan fingerprint density at radius 2 is 2.00 bits per heavy atom. The number of amides is 3. The molecule has 6 heteroatoms. The van der Waals surface area contributed by atoms with Gasteiger partial charge in [-0.15, -0.1) is 0 Å². The fourth-order valence-electron chi connectivity index (χ4n) is 1.16. The van der Waals surface area contributed by atoms with Gasteiger partial charge in [-0.25, -0.2) is 4.79 Å². The van der Waals surface area contributed by atoms with E-state index in [9.17, 15) is 9.59 Å². The quantitative estimate of drug-likeness (QED) is 0.880. The third-order valence-electron chi connectivity index (χ3n) is 2.33. The zero-order valence-corrected chi connectivity index (χ0v) is 11.3. The second-order valence-corrected chi connectivity index (χ2v) is 4.47. The van der Waals surface area contributed by atoms with Gasteiger partial charge >= 0.3 is 6.03 Å². The Labute approximate surface area is 111 Å². The van der Waals surface area contributed by atoms with E-state index in [0.29, 0.717) is 10.7 Å². The first-order valence-electron chi connectivity index (χ1n) is 5.41. The smallest absolute Gasteiger partial charge is 0.319 e. The maximum absolute atomic E-state index is 11.5. The number of rotatable bonds is 3. The molecule has 0 spiro atoms. The van der Waals surface area contributed by atoms with Gasteiger partial charge in [0.05, 0.1) is 6.54 Å². The van der Waals surface area contributed by atoms with Gasteiger partial charge in [-0.05, 0) is 24.6 Å². The third-order valence-corrected chi connectivity index (χ3v) is 2.74. The van der Waals surface area contributed by atoms with Gasteiger partial charge in [0.2, 0.25) is 5.91 Å². The second-order valence-electron chi connectivity index (χ2n) is 4.06. The van der Waals surface area contributed by atoms with E-state index in [0.717, 1.165) is 5.56 Å². The van der Waals surface area contributed by atoms with Crippen molar-refractivity contribution in [3.05, 3.63) is 28.8 Å². The Bertz CT molecular complexity index is 461. The highest BCUT2D eigenvalue weighted by molar-refractivity contribution is 6.31. The van der Waals surface area contributed by atoms with Gasteiger partial charge < -0.3 is 15.5 Å². The number of likely N-dealkylation sites (N-methyl/N-ethyl adjacent to an activating group) is 1. The van der Waals surface area contributed by atoms with Crippen molar-refractivity contribution in [3.63, 3.8) is 0 Å². The Morgan fingerprint density at radius 3 is 2.56 bits per heavy atom. The van der Waals surface area contributed by atoms with Crippen molar-refractivity contribution in [2.24, 2.45) is 0 Å². The third kappa shape index (κ3) is 4.25. The maximum atomic E-state index is 11.5. The summed E-state index contributed by atoms with van der Waals surface area (Å²) in [5.41, 5.74) is 1.52. The summed E-state index contributed by atoms with van der Waals surface area (Å²) < 4.78 is 0. The van der Waals surface area contributed by atoms with E-state index in [2.05, 4.69) is 10.6 Å². The van der Waals surface area contributed by atoms with E-state index < -0.39 is 6.03 Å². The lowest BCUT2D eigenvalue weighted by molar-refractivity contribution is -0.127. The molecule has 2 N–H and O–H groups in total. The number of aryl methyl sites for hydroxylation is 1. The first-order valence-corrected chi connectivity index (χ1v) is 5.79. The molecule has 1 rings (SSSR count). The predicted molar refractivity (Wildman–Crippen MR) is 71.9 cm³/mol. The number of nitrogens with zero attached hydrogens (tertiary/aromatic N) is 1. The van der Waals surface area contributed by atoms with Gasteiger partial charge in [-0.3, -0.25) is 4.79 Å². The number of halogens is 1. The monoisotopic (exact) mass is 269 g/mol. The summed E-state index contributed by atoms with van der Waals surface area (Å²) in [5.74, 6) is -0.174. The maximum Gasteiger partial charge on any atom is 0.319 e. The molecule has 0 saturated heterocycles. The van der Waals surface area contributed by atoms with Crippen LogP contribution >= 0.6 is 11.6 Å². The molecule has 1 aromatic rings. The van der Waals surface area contributed by atoms with E-state index in [1.54, 1.807) is 26.2 Å². The fraction of sp³-hybridized carbons (Fsp3) is 0.333. The molecule has 0 aliphatic heterocycles. The topological polar surface area (TPSA) is 61.4 Å². The average Bonchev–Trinajstić information content (AvgIpc) is 2.30. The van der Waals surface area contributed by atoms with Crippen molar-refractivity contribution in [3.8, 4) is 0 Å². The highest BCUT2D eigenvalue weighted by Gasteiger charge is 2.07. The normalized spacial score (nSPS) is 9.78. The Kier molecular flexibility index (Phi) is 4.97. The summed E-state index contributed by atoms with van der Waals surface area (Å²) >= 11 is 5.93. The summed E-state index contributed by atoms with van der Waals surface area (Å²) in [6.45, 7) is 1.83. The van der Waals surface area contributed by atoms with Crippen molar-refractivity contribution >= 4 is 29.2 Å². The van der Waals surface area contributed by atoms with Crippen LogP contribution < -0.4 is 10.6 Å². The molecule has 0 saturated carbocycles. The van der Waals surface area contributed by atoms with Gasteiger partial charge in [-0.1, -0.05) is 17.7 Å². The van der Waals surface area contributed by atoms with E-state index in [1.807, 2.05) is 13.0 Å². The zero-order chi connectivity index (χ0) is 13.7. The van der Waals surface area contributed by atoms with Crippen LogP contribution in [-0.4, -0.2) is 37.5 Å². The predicted octanol–water partition coefficient (Wildman–Crippen LogP) is 1.86. The van der Waals surface area contributed by atoms with E-state index in [1.165, 1.54) is 4.90 Å². The van der Waals surface area contributed by atoms with Crippen LogP contribution in [0.4, 0.5) is 10.5 Å². The van der Waals surface area contributed by atoms with Crippen LogP contribution in [0.2, 0.25) is 5.02 Å². The minimum atomic E-state index is -0.440. The number of nitrogens with one attached hydrogen (secondary N) is 2. The zero-order valence-electron chi connectivity index (χ0n) is 10.6. The summed E-state index contributed by atoms with van der Waals surface area (Å²) in [6, 6.07) is 4.77. The highest BCUT2D eigenvalue weighted by Crippen LogP contribution is 2.19. The first kappa shape index (κ1) is 14.3. The van der Waals surface area contributed by atoms with Crippen LogP contribution in [0.3, 0.4) is 0 Å². The van der Waals surface area contributed by atoms with Crippen LogP contribution in [0.1, 0.15) is 5.56 Å². The molecule has 0 aliphatic carbocycles. The molecule has 98 valence electrons. The van der Waals surface area contributed by atoms with E-state index >= 15 is 0 Å². The van der Waals surface area contributed by atoms with Gasteiger partial charge in [0.1, 0.15) is 0 Å². The van der Waals surface area contributed by atoms with E-state index in [-0.39, 0.29) is 12.5 Å². The second kappa shape index (κ2) is 6.26. The number of carbonyl (C=O) groups excluding carboxylic acids is 2. The molecule has 1 aromatic carbocycles. The molecule has 5 nitrogen and oxygen atoms in total. The minimum Gasteiger partial charge on any atom is -0.347 e. The molecule has 0 aromatic heterocycles. The summed E-state index contributed by atoms with van der Waals surface area (Å²) in [4.78, 5) is 24.2. The minimum absolute atomic E-state index is 0.0432. The summed E-state index contributed by atoms with van der Waals surface area (Å²) in [7, 11) is 3.25. The van der Waals surface area contributed by atoms with Crippen LogP contribution in [0.5, 0.6) is 0 Å². The largest absolute Gasteiger partial charge is 0.347 e.